The van der Waals surface area contributed by atoms with Crippen molar-refractivity contribution in [1.29, 1.82) is 0 Å². The van der Waals surface area contributed by atoms with E-state index >= 15 is 0 Å². The first-order valence-electron chi connectivity index (χ1n) is 8.56. The Hall–Kier alpha value is -0.0800. The van der Waals surface area contributed by atoms with E-state index < -0.39 is 0 Å². The Bertz CT molecular complexity index is 171. The van der Waals surface area contributed by atoms with E-state index in [1.807, 2.05) is 0 Å². The molecular formula is C17H36O2. The summed E-state index contributed by atoms with van der Waals surface area (Å²) < 4.78 is 0. The first-order valence-corrected chi connectivity index (χ1v) is 8.56. The molecule has 19 heavy (non-hydrogen) atoms. The minimum Gasteiger partial charge on any atom is -0.393 e. The van der Waals surface area contributed by atoms with Crippen molar-refractivity contribution in [2.24, 2.45) is 0 Å². The summed E-state index contributed by atoms with van der Waals surface area (Å²) in [5.41, 5.74) is 0. The third-order valence-corrected chi connectivity index (χ3v) is 3.81. The summed E-state index contributed by atoms with van der Waals surface area (Å²) in [6.45, 7) is 4.32. The second-order valence-corrected chi connectivity index (χ2v) is 5.95. The average Bonchev–Trinajstić information content (AvgIpc) is 2.37. The van der Waals surface area contributed by atoms with Gasteiger partial charge in [-0.05, 0) is 19.3 Å². The number of hydrogen-bond acceptors (Lipinski definition) is 2. The van der Waals surface area contributed by atoms with Gasteiger partial charge in [-0.3, -0.25) is 0 Å². The van der Waals surface area contributed by atoms with Gasteiger partial charge >= 0.3 is 0 Å². The van der Waals surface area contributed by atoms with Crippen molar-refractivity contribution in [3.63, 3.8) is 0 Å². The molecule has 0 aliphatic carbocycles. The zero-order valence-electron chi connectivity index (χ0n) is 13.2. The SMILES string of the molecule is CCCCCCCCCCCC(O)CC(O)CCC. The van der Waals surface area contributed by atoms with Gasteiger partial charge in [0, 0.05) is 0 Å². The summed E-state index contributed by atoms with van der Waals surface area (Å²) in [7, 11) is 0. The molecule has 0 bridgehead atoms. The van der Waals surface area contributed by atoms with E-state index in [0.29, 0.717) is 6.42 Å². The van der Waals surface area contributed by atoms with Crippen molar-refractivity contribution in [3.05, 3.63) is 0 Å². The quantitative estimate of drug-likeness (QED) is 0.445. The van der Waals surface area contributed by atoms with Crippen molar-refractivity contribution in [2.45, 2.75) is 110 Å². The molecule has 0 radical (unpaired) electrons. The van der Waals surface area contributed by atoms with E-state index in [-0.39, 0.29) is 12.2 Å². The van der Waals surface area contributed by atoms with Crippen LogP contribution in [0.25, 0.3) is 0 Å². The first kappa shape index (κ1) is 18.9. The molecule has 0 aromatic rings. The van der Waals surface area contributed by atoms with Gasteiger partial charge in [0.05, 0.1) is 12.2 Å². The van der Waals surface area contributed by atoms with Crippen LogP contribution in [0.1, 0.15) is 97.3 Å². The molecule has 2 heteroatoms. The zero-order chi connectivity index (χ0) is 14.3. The van der Waals surface area contributed by atoms with Gasteiger partial charge in [0.15, 0.2) is 0 Å². The molecule has 0 rings (SSSR count). The van der Waals surface area contributed by atoms with Gasteiger partial charge in [0.25, 0.3) is 0 Å². The molecule has 0 saturated carbocycles. The minimum absolute atomic E-state index is 0.300. The maximum atomic E-state index is 9.79. The molecule has 0 aliphatic rings. The minimum atomic E-state index is -0.307. The van der Waals surface area contributed by atoms with Crippen LogP contribution in [0.3, 0.4) is 0 Å². The molecule has 0 aromatic carbocycles. The van der Waals surface area contributed by atoms with Crippen molar-refractivity contribution in [1.82, 2.24) is 0 Å². The van der Waals surface area contributed by atoms with Crippen LogP contribution in [0.2, 0.25) is 0 Å². The van der Waals surface area contributed by atoms with Crippen molar-refractivity contribution in [3.8, 4) is 0 Å². The number of hydrogen-bond donors (Lipinski definition) is 2. The molecule has 116 valence electrons. The highest BCUT2D eigenvalue weighted by molar-refractivity contribution is 4.63. The van der Waals surface area contributed by atoms with Crippen molar-refractivity contribution >= 4 is 0 Å². The second kappa shape index (κ2) is 14.3. The summed E-state index contributed by atoms with van der Waals surface area (Å²) in [4.78, 5) is 0. The van der Waals surface area contributed by atoms with E-state index in [0.717, 1.165) is 25.7 Å². The Kier molecular flexibility index (Phi) is 14.3. The number of rotatable bonds is 14. The monoisotopic (exact) mass is 272 g/mol. The Morgan fingerprint density at radius 2 is 1.05 bits per heavy atom. The lowest BCUT2D eigenvalue weighted by Gasteiger charge is -2.14. The molecule has 2 atom stereocenters. The largest absolute Gasteiger partial charge is 0.393 e. The fourth-order valence-corrected chi connectivity index (χ4v) is 2.57. The molecule has 0 aromatic heterocycles. The summed E-state index contributed by atoms with van der Waals surface area (Å²) in [5, 5.41) is 19.4. The number of aliphatic hydroxyl groups is 2. The molecule has 2 nitrogen and oxygen atoms in total. The lowest BCUT2D eigenvalue weighted by Crippen LogP contribution is -2.17. The number of unbranched alkanes of at least 4 members (excludes halogenated alkanes) is 8. The Balaban J connectivity index is 3.20. The number of aliphatic hydroxyl groups excluding tert-OH is 2. The summed E-state index contributed by atoms with van der Waals surface area (Å²) in [6.07, 6.45) is 14.5. The summed E-state index contributed by atoms with van der Waals surface area (Å²) in [6, 6.07) is 0. The van der Waals surface area contributed by atoms with Crippen LogP contribution in [0, 0.1) is 0 Å². The van der Waals surface area contributed by atoms with Crippen LogP contribution in [-0.4, -0.2) is 22.4 Å². The standard InChI is InChI=1S/C17H36O2/c1-3-5-6-7-8-9-10-11-12-14-17(19)15-16(18)13-4-2/h16-19H,3-15H2,1-2H3. The van der Waals surface area contributed by atoms with Crippen LogP contribution in [0.5, 0.6) is 0 Å². The topological polar surface area (TPSA) is 40.5 Å². The van der Waals surface area contributed by atoms with Crippen LogP contribution < -0.4 is 0 Å². The molecule has 0 fully saturated rings. The lowest BCUT2D eigenvalue weighted by molar-refractivity contribution is 0.0692. The van der Waals surface area contributed by atoms with Crippen molar-refractivity contribution in [2.75, 3.05) is 0 Å². The van der Waals surface area contributed by atoms with Gasteiger partial charge in [-0.2, -0.15) is 0 Å². The van der Waals surface area contributed by atoms with Gasteiger partial charge in [-0.1, -0.05) is 78.1 Å². The third kappa shape index (κ3) is 14.1. The van der Waals surface area contributed by atoms with Crippen LogP contribution in [0.4, 0.5) is 0 Å². The smallest absolute Gasteiger partial charge is 0.0564 e. The molecule has 0 heterocycles. The highest BCUT2D eigenvalue weighted by Crippen LogP contribution is 2.14. The fourth-order valence-electron chi connectivity index (χ4n) is 2.57. The van der Waals surface area contributed by atoms with E-state index in [2.05, 4.69) is 13.8 Å². The van der Waals surface area contributed by atoms with Crippen molar-refractivity contribution < 1.29 is 10.2 Å². The van der Waals surface area contributed by atoms with Gasteiger partial charge in [0.1, 0.15) is 0 Å². The molecule has 0 amide bonds. The van der Waals surface area contributed by atoms with E-state index in [1.165, 1.54) is 51.4 Å². The molecule has 2 unspecified atom stereocenters. The molecule has 2 N–H and O–H groups in total. The maximum absolute atomic E-state index is 9.79. The second-order valence-electron chi connectivity index (χ2n) is 5.95. The van der Waals surface area contributed by atoms with Gasteiger partial charge in [-0.15, -0.1) is 0 Å². The Morgan fingerprint density at radius 1 is 0.579 bits per heavy atom. The maximum Gasteiger partial charge on any atom is 0.0564 e. The Labute approximate surface area is 120 Å². The predicted molar refractivity (Wildman–Crippen MR) is 83.4 cm³/mol. The Morgan fingerprint density at radius 3 is 1.58 bits per heavy atom. The van der Waals surface area contributed by atoms with Gasteiger partial charge in [-0.25, -0.2) is 0 Å². The lowest BCUT2D eigenvalue weighted by atomic mass is 10.0. The van der Waals surface area contributed by atoms with Crippen LogP contribution >= 0.6 is 0 Å². The van der Waals surface area contributed by atoms with E-state index in [9.17, 15) is 10.2 Å². The molecule has 0 aliphatic heterocycles. The van der Waals surface area contributed by atoms with Gasteiger partial charge < -0.3 is 10.2 Å². The fraction of sp³-hybridized carbons (Fsp3) is 1.00. The van der Waals surface area contributed by atoms with Gasteiger partial charge in [0.2, 0.25) is 0 Å². The molecular weight excluding hydrogens is 236 g/mol. The molecule has 0 spiro atoms. The first-order chi connectivity index (χ1) is 9.20. The molecule has 0 saturated heterocycles. The third-order valence-electron chi connectivity index (χ3n) is 3.81. The highest BCUT2D eigenvalue weighted by Gasteiger charge is 2.10. The highest BCUT2D eigenvalue weighted by atomic mass is 16.3. The summed E-state index contributed by atoms with van der Waals surface area (Å²) >= 11 is 0. The van der Waals surface area contributed by atoms with E-state index in [1.54, 1.807) is 0 Å². The van der Waals surface area contributed by atoms with Crippen LogP contribution in [-0.2, 0) is 0 Å². The normalized spacial score (nSPS) is 14.5. The van der Waals surface area contributed by atoms with E-state index in [4.69, 9.17) is 0 Å². The van der Waals surface area contributed by atoms with Crippen LogP contribution in [0.15, 0.2) is 0 Å². The average molecular weight is 272 g/mol. The predicted octanol–water partition coefficient (Wildman–Crippen LogP) is 4.82. The zero-order valence-corrected chi connectivity index (χ0v) is 13.2. The summed E-state index contributed by atoms with van der Waals surface area (Å²) in [5.74, 6) is 0.